The van der Waals surface area contributed by atoms with E-state index in [2.05, 4.69) is 10.3 Å². The lowest BCUT2D eigenvalue weighted by atomic mass is 9.89. The van der Waals surface area contributed by atoms with Crippen LogP contribution in [0.15, 0.2) is 52.8 Å². The maximum atomic E-state index is 14.4. The molecular weight excluding hydrogens is 381 g/mol. The van der Waals surface area contributed by atoms with Gasteiger partial charge in [0, 0.05) is 21.2 Å². The molecule has 7 heteroatoms. The van der Waals surface area contributed by atoms with Crippen molar-refractivity contribution in [2.24, 2.45) is 10.7 Å². The largest absolute Gasteiger partial charge is 0.379 e. The highest BCUT2D eigenvalue weighted by atomic mass is 32.2. The van der Waals surface area contributed by atoms with Crippen LogP contribution in [0.4, 0.5) is 10.1 Å². The third kappa shape index (κ3) is 3.44. The molecule has 1 aliphatic heterocycles. The van der Waals surface area contributed by atoms with Crippen molar-refractivity contribution in [3.05, 3.63) is 64.8 Å². The molecule has 0 radical (unpaired) electrons. The summed E-state index contributed by atoms with van der Waals surface area (Å²) >= 11 is 3.01. The third-order valence-electron chi connectivity index (χ3n) is 4.76. The normalized spacial score (nSPS) is 19.7. The van der Waals surface area contributed by atoms with Crippen LogP contribution in [0.2, 0.25) is 0 Å². The molecule has 2 heterocycles. The van der Waals surface area contributed by atoms with Gasteiger partial charge in [0.15, 0.2) is 5.17 Å². The summed E-state index contributed by atoms with van der Waals surface area (Å²) in [5.74, 6) is 0.0550. The van der Waals surface area contributed by atoms with Crippen LogP contribution in [-0.4, -0.2) is 16.8 Å². The van der Waals surface area contributed by atoms with E-state index in [1.54, 1.807) is 17.5 Å². The summed E-state index contributed by atoms with van der Waals surface area (Å²) < 4.78 is 15.4. The SMILES string of the molecule is CC1(c2ccc(F)c(NC(=O)c3csc4ccccc34)c2)CCSC(N)=N1. The minimum absolute atomic E-state index is 0.154. The Labute approximate surface area is 164 Å². The summed E-state index contributed by atoms with van der Waals surface area (Å²) in [6, 6.07) is 12.4. The number of rotatable bonds is 3. The van der Waals surface area contributed by atoms with E-state index in [-0.39, 0.29) is 11.6 Å². The number of carbonyl (C=O) groups excluding carboxylic acids is 1. The zero-order chi connectivity index (χ0) is 19.0. The van der Waals surface area contributed by atoms with E-state index in [9.17, 15) is 9.18 Å². The van der Waals surface area contributed by atoms with Gasteiger partial charge in [0.2, 0.25) is 0 Å². The average Bonchev–Trinajstić information content (AvgIpc) is 3.07. The van der Waals surface area contributed by atoms with Gasteiger partial charge in [0.25, 0.3) is 5.91 Å². The fourth-order valence-electron chi connectivity index (χ4n) is 3.19. The van der Waals surface area contributed by atoms with E-state index < -0.39 is 11.4 Å². The molecule has 0 saturated carbocycles. The second-order valence-electron chi connectivity index (χ2n) is 6.62. The highest BCUT2D eigenvalue weighted by Crippen LogP contribution is 2.36. The van der Waals surface area contributed by atoms with E-state index in [1.807, 2.05) is 31.2 Å². The fraction of sp³-hybridized carbons (Fsp3) is 0.200. The first-order valence-corrected chi connectivity index (χ1v) is 10.4. The number of nitrogens with one attached hydrogen (secondary N) is 1. The van der Waals surface area contributed by atoms with Crippen LogP contribution in [0.3, 0.4) is 0 Å². The zero-order valence-corrected chi connectivity index (χ0v) is 16.3. The summed E-state index contributed by atoms with van der Waals surface area (Å²) in [5.41, 5.74) is 6.90. The van der Waals surface area contributed by atoms with Gasteiger partial charge in [0.05, 0.1) is 16.8 Å². The number of fused-ring (bicyclic) bond motifs is 1. The minimum Gasteiger partial charge on any atom is -0.379 e. The van der Waals surface area contributed by atoms with Gasteiger partial charge in [-0.3, -0.25) is 9.79 Å². The Morgan fingerprint density at radius 1 is 1.30 bits per heavy atom. The number of thioether (sulfide) groups is 1. The predicted octanol–water partition coefficient (Wildman–Crippen LogP) is 4.96. The van der Waals surface area contributed by atoms with Crippen molar-refractivity contribution in [3.8, 4) is 0 Å². The number of thiophene rings is 1. The van der Waals surface area contributed by atoms with Gasteiger partial charge in [-0.1, -0.05) is 36.0 Å². The average molecular weight is 400 g/mol. The van der Waals surface area contributed by atoms with Crippen LogP contribution in [0.25, 0.3) is 10.1 Å². The number of halogens is 1. The number of aliphatic imine (C=N–C) groups is 1. The maximum Gasteiger partial charge on any atom is 0.257 e. The monoisotopic (exact) mass is 399 g/mol. The summed E-state index contributed by atoms with van der Waals surface area (Å²) in [7, 11) is 0. The predicted molar refractivity (Wildman–Crippen MR) is 112 cm³/mol. The van der Waals surface area contributed by atoms with Gasteiger partial charge < -0.3 is 11.1 Å². The van der Waals surface area contributed by atoms with Crippen LogP contribution in [0.5, 0.6) is 0 Å². The topological polar surface area (TPSA) is 67.5 Å². The van der Waals surface area contributed by atoms with Crippen molar-refractivity contribution in [2.45, 2.75) is 18.9 Å². The van der Waals surface area contributed by atoms with E-state index in [0.29, 0.717) is 10.7 Å². The Balaban J connectivity index is 1.66. The molecule has 1 unspecified atom stereocenters. The molecule has 1 atom stereocenters. The van der Waals surface area contributed by atoms with Crippen molar-refractivity contribution in [1.82, 2.24) is 0 Å². The van der Waals surface area contributed by atoms with Crippen molar-refractivity contribution < 1.29 is 9.18 Å². The van der Waals surface area contributed by atoms with Crippen LogP contribution >= 0.6 is 23.1 Å². The first-order chi connectivity index (χ1) is 13.0. The minimum atomic E-state index is -0.516. The van der Waals surface area contributed by atoms with E-state index in [1.165, 1.54) is 29.2 Å². The lowest BCUT2D eigenvalue weighted by Crippen LogP contribution is -2.29. The lowest BCUT2D eigenvalue weighted by Gasteiger charge is -2.30. The zero-order valence-electron chi connectivity index (χ0n) is 14.7. The van der Waals surface area contributed by atoms with E-state index in [4.69, 9.17) is 5.73 Å². The number of hydrogen-bond donors (Lipinski definition) is 2. The second-order valence-corrected chi connectivity index (χ2v) is 8.64. The van der Waals surface area contributed by atoms with Crippen LogP contribution in [-0.2, 0) is 5.54 Å². The number of carbonyl (C=O) groups is 1. The molecule has 0 saturated heterocycles. The molecule has 0 aliphatic carbocycles. The smallest absolute Gasteiger partial charge is 0.257 e. The Hall–Kier alpha value is -2.38. The number of amides is 1. The molecular formula is C20H18FN3OS2. The lowest BCUT2D eigenvalue weighted by molar-refractivity contribution is 0.102. The number of anilines is 1. The Bertz CT molecular complexity index is 1060. The highest BCUT2D eigenvalue weighted by molar-refractivity contribution is 8.13. The summed E-state index contributed by atoms with van der Waals surface area (Å²) in [4.78, 5) is 17.3. The first kappa shape index (κ1) is 18.0. The molecule has 0 fully saturated rings. The van der Waals surface area contributed by atoms with Crippen molar-refractivity contribution >= 4 is 49.9 Å². The molecule has 4 rings (SSSR count). The molecule has 138 valence electrons. The molecule has 4 nitrogen and oxygen atoms in total. The molecule has 27 heavy (non-hydrogen) atoms. The number of benzene rings is 2. The molecule has 3 aromatic rings. The molecule has 1 aliphatic rings. The third-order valence-corrected chi connectivity index (χ3v) is 6.52. The number of hydrogen-bond acceptors (Lipinski definition) is 5. The molecule has 0 bridgehead atoms. The summed E-state index contributed by atoms with van der Waals surface area (Å²) in [5, 5.41) is 5.92. The van der Waals surface area contributed by atoms with Crippen molar-refractivity contribution in [1.29, 1.82) is 0 Å². The van der Waals surface area contributed by atoms with Gasteiger partial charge in [-0.15, -0.1) is 11.3 Å². The van der Waals surface area contributed by atoms with Gasteiger partial charge >= 0.3 is 0 Å². The first-order valence-electron chi connectivity index (χ1n) is 8.52. The van der Waals surface area contributed by atoms with Crippen LogP contribution in [0.1, 0.15) is 29.3 Å². The van der Waals surface area contributed by atoms with Crippen LogP contribution in [0, 0.1) is 5.82 Å². The summed E-state index contributed by atoms with van der Waals surface area (Å²) in [6.07, 6.45) is 0.798. The Kier molecular flexibility index (Phi) is 4.65. The van der Waals surface area contributed by atoms with Gasteiger partial charge in [-0.2, -0.15) is 0 Å². The molecule has 2 aromatic carbocycles. The van der Waals surface area contributed by atoms with Gasteiger partial charge in [0.1, 0.15) is 5.82 Å². The number of amidine groups is 1. The molecule has 1 aromatic heterocycles. The molecule has 0 spiro atoms. The fourth-order valence-corrected chi connectivity index (χ4v) is 5.11. The van der Waals surface area contributed by atoms with E-state index in [0.717, 1.165) is 27.8 Å². The Morgan fingerprint density at radius 2 is 2.11 bits per heavy atom. The van der Waals surface area contributed by atoms with Crippen molar-refractivity contribution in [2.75, 3.05) is 11.1 Å². The number of nitrogens with two attached hydrogens (primary N) is 1. The standard InChI is InChI=1S/C20H18FN3OS2/c1-20(8-9-26-19(22)24-20)12-6-7-15(21)16(10-12)23-18(25)14-11-27-17-5-3-2-4-13(14)17/h2-7,10-11H,8-9H2,1H3,(H2,22,24)(H,23,25). The van der Waals surface area contributed by atoms with Crippen molar-refractivity contribution in [3.63, 3.8) is 0 Å². The van der Waals surface area contributed by atoms with Crippen LogP contribution < -0.4 is 11.1 Å². The van der Waals surface area contributed by atoms with Gasteiger partial charge in [-0.05, 0) is 37.1 Å². The molecule has 3 N–H and O–H groups in total. The second kappa shape index (κ2) is 6.98. The quantitative estimate of drug-likeness (QED) is 0.654. The number of nitrogens with zero attached hydrogens (tertiary/aromatic N) is 1. The summed E-state index contributed by atoms with van der Waals surface area (Å²) in [6.45, 7) is 1.98. The van der Waals surface area contributed by atoms with Gasteiger partial charge in [-0.25, -0.2) is 4.39 Å². The molecule has 1 amide bonds. The highest BCUT2D eigenvalue weighted by Gasteiger charge is 2.30. The Morgan fingerprint density at radius 3 is 2.93 bits per heavy atom. The van der Waals surface area contributed by atoms with E-state index >= 15 is 0 Å². The maximum absolute atomic E-state index is 14.4.